The maximum atomic E-state index is 12.7. The highest BCUT2D eigenvalue weighted by Crippen LogP contribution is 2.26. The number of hydrogen-bond donors (Lipinski definition) is 1. The summed E-state index contributed by atoms with van der Waals surface area (Å²) in [6.07, 6.45) is 5.61. The topological polar surface area (TPSA) is 69.0 Å². The van der Waals surface area contributed by atoms with Crippen LogP contribution < -0.4 is 10.1 Å². The van der Waals surface area contributed by atoms with Crippen molar-refractivity contribution in [2.45, 2.75) is 44.8 Å². The number of rotatable bonds is 5. The van der Waals surface area contributed by atoms with E-state index in [1.54, 1.807) is 22.2 Å². The van der Waals surface area contributed by atoms with Gasteiger partial charge in [0.15, 0.2) is 0 Å². The van der Waals surface area contributed by atoms with E-state index in [9.17, 15) is 4.79 Å². The number of pyridine rings is 1. The molecule has 0 saturated heterocycles. The van der Waals surface area contributed by atoms with Gasteiger partial charge in [-0.1, -0.05) is 6.07 Å². The molecule has 146 valence electrons. The first-order valence-corrected chi connectivity index (χ1v) is 10.4. The van der Waals surface area contributed by atoms with Crippen LogP contribution in [0.4, 0.5) is 0 Å². The predicted molar refractivity (Wildman–Crippen MR) is 110 cm³/mol. The molecule has 0 aromatic carbocycles. The summed E-state index contributed by atoms with van der Waals surface area (Å²) in [4.78, 5) is 18.1. The number of nitrogens with one attached hydrogen (secondary N) is 1. The Morgan fingerprint density at radius 2 is 2.07 bits per heavy atom. The highest BCUT2D eigenvalue weighted by Gasteiger charge is 2.25. The second-order valence-electron chi connectivity index (χ2n) is 7.17. The first kappa shape index (κ1) is 18.7. The van der Waals surface area contributed by atoms with E-state index in [1.165, 1.54) is 0 Å². The molecule has 3 aromatic heterocycles. The monoisotopic (exact) mass is 396 g/mol. The van der Waals surface area contributed by atoms with Crippen LogP contribution in [0.5, 0.6) is 5.75 Å². The van der Waals surface area contributed by atoms with Crippen LogP contribution in [0.15, 0.2) is 41.9 Å². The summed E-state index contributed by atoms with van der Waals surface area (Å²) in [5.41, 5.74) is 2.34. The van der Waals surface area contributed by atoms with E-state index in [4.69, 9.17) is 4.74 Å². The molecule has 1 saturated carbocycles. The van der Waals surface area contributed by atoms with Gasteiger partial charge in [0.05, 0.1) is 16.7 Å². The summed E-state index contributed by atoms with van der Waals surface area (Å²) in [6, 6.07) is 9.89. The van der Waals surface area contributed by atoms with Crippen LogP contribution in [0.3, 0.4) is 0 Å². The Morgan fingerprint density at radius 3 is 2.79 bits per heavy atom. The summed E-state index contributed by atoms with van der Waals surface area (Å²) >= 11 is 1.62. The van der Waals surface area contributed by atoms with Gasteiger partial charge < -0.3 is 10.1 Å². The molecule has 0 bridgehead atoms. The molecule has 1 aliphatic rings. The minimum Gasteiger partial charge on any atom is -0.489 e. The maximum absolute atomic E-state index is 12.7. The second kappa shape index (κ2) is 8.14. The molecule has 1 N–H and O–H groups in total. The fourth-order valence-corrected chi connectivity index (χ4v) is 4.26. The van der Waals surface area contributed by atoms with Gasteiger partial charge in [0, 0.05) is 19.3 Å². The molecule has 0 spiro atoms. The van der Waals surface area contributed by atoms with E-state index in [1.807, 2.05) is 49.7 Å². The van der Waals surface area contributed by atoms with Crippen molar-refractivity contribution in [1.82, 2.24) is 20.1 Å². The summed E-state index contributed by atoms with van der Waals surface area (Å²) in [7, 11) is 1.81. The van der Waals surface area contributed by atoms with Crippen molar-refractivity contribution in [3.8, 4) is 16.3 Å². The SMILES string of the molecule is Cc1ncccc1OC1CCC(NC(=O)c2cc(-c3cccs3)nn2C)CC1. The molecule has 0 radical (unpaired) electrons. The Morgan fingerprint density at radius 1 is 1.25 bits per heavy atom. The predicted octanol–water partition coefficient (Wildman–Crippen LogP) is 3.97. The lowest BCUT2D eigenvalue weighted by atomic mass is 9.92. The van der Waals surface area contributed by atoms with Gasteiger partial charge in [-0.3, -0.25) is 14.5 Å². The number of aromatic nitrogens is 3. The van der Waals surface area contributed by atoms with Crippen molar-refractivity contribution in [2.75, 3.05) is 0 Å². The molecule has 1 aliphatic carbocycles. The van der Waals surface area contributed by atoms with E-state index in [2.05, 4.69) is 15.4 Å². The molecule has 28 heavy (non-hydrogen) atoms. The highest BCUT2D eigenvalue weighted by molar-refractivity contribution is 7.13. The van der Waals surface area contributed by atoms with E-state index in [0.717, 1.165) is 47.7 Å². The highest BCUT2D eigenvalue weighted by atomic mass is 32.1. The Hall–Kier alpha value is -2.67. The van der Waals surface area contributed by atoms with E-state index < -0.39 is 0 Å². The van der Waals surface area contributed by atoms with Crippen LogP contribution in [0.25, 0.3) is 10.6 Å². The van der Waals surface area contributed by atoms with E-state index >= 15 is 0 Å². The fourth-order valence-electron chi connectivity index (χ4n) is 3.58. The minimum atomic E-state index is -0.0646. The van der Waals surface area contributed by atoms with Crippen molar-refractivity contribution in [2.24, 2.45) is 7.05 Å². The van der Waals surface area contributed by atoms with E-state index in [-0.39, 0.29) is 18.1 Å². The Balaban J connectivity index is 1.32. The zero-order valence-electron chi connectivity index (χ0n) is 16.1. The third kappa shape index (κ3) is 4.09. The average molecular weight is 397 g/mol. The summed E-state index contributed by atoms with van der Waals surface area (Å²) in [5.74, 6) is 0.788. The lowest BCUT2D eigenvalue weighted by Gasteiger charge is -2.29. The van der Waals surface area contributed by atoms with Gasteiger partial charge >= 0.3 is 0 Å². The Kier molecular flexibility index (Phi) is 5.43. The molecule has 0 atom stereocenters. The van der Waals surface area contributed by atoms with Gasteiger partial charge in [-0.2, -0.15) is 5.10 Å². The molecule has 3 aromatic rings. The van der Waals surface area contributed by atoms with Crippen LogP contribution in [0.1, 0.15) is 41.9 Å². The number of amides is 1. The maximum Gasteiger partial charge on any atom is 0.269 e. The number of thiophene rings is 1. The van der Waals surface area contributed by atoms with Gasteiger partial charge in [0.25, 0.3) is 5.91 Å². The Bertz CT molecular complexity index is 943. The molecule has 6 nitrogen and oxygen atoms in total. The third-order valence-corrected chi connectivity index (χ3v) is 6.04. The average Bonchev–Trinajstić information content (AvgIpc) is 3.35. The molecular weight excluding hydrogens is 372 g/mol. The first-order valence-electron chi connectivity index (χ1n) is 9.57. The zero-order valence-corrected chi connectivity index (χ0v) is 16.9. The number of carbonyl (C=O) groups is 1. The van der Waals surface area contributed by atoms with Crippen molar-refractivity contribution < 1.29 is 9.53 Å². The largest absolute Gasteiger partial charge is 0.489 e. The molecular formula is C21H24N4O2S. The Labute approximate surface area is 168 Å². The zero-order chi connectivity index (χ0) is 19.5. The second-order valence-corrected chi connectivity index (χ2v) is 8.12. The smallest absolute Gasteiger partial charge is 0.269 e. The first-order chi connectivity index (χ1) is 13.6. The third-order valence-electron chi connectivity index (χ3n) is 5.15. The van der Waals surface area contributed by atoms with Crippen LogP contribution in [0, 0.1) is 6.92 Å². The van der Waals surface area contributed by atoms with Crippen molar-refractivity contribution in [3.63, 3.8) is 0 Å². The van der Waals surface area contributed by atoms with Crippen molar-refractivity contribution in [1.29, 1.82) is 0 Å². The number of hydrogen-bond acceptors (Lipinski definition) is 5. The van der Waals surface area contributed by atoms with Gasteiger partial charge in [0.1, 0.15) is 17.1 Å². The van der Waals surface area contributed by atoms with Crippen molar-refractivity contribution >= 4 is 17.2 Å². The minimum absolute atomic E-state index is 0.0646. The quantitative estimate of drug-likeness (QED) is 0.708. The normalized spacial score (nSPS) is 19.4. The van der Waals surface area contributed by atoms with Crippen LogP contribution >= 0.6 is 11.3 Å². The molecule has 4 rings (SSSR count). The number of nitrogens with zero attached hydrogens (tertiary/aromatic N) is 3. The number of carbonyl (C=O) groups excluding carboxylic acids is 1. The van der Waals surface area contributed by atoms with Crippen LogP contribution in [-0.2, 0) is 7.05 Å². The summed E-state index contributed by atoms with van der Waals surface area (Å²) in [6.45, 7) is 1.96. The molecule has 1 amide bonds. The number of aryl methyl sites for hydroxylation is 2. The molecule has 3 heterocycles. The van der Waals surface area contributed by atoms with Gasteiger partial charge in [-0.25, -0.2) is 0 Å². The summed E-state index contributed by atoms with van der Waals surface area (Å²) < 4.78 is 7.76. The fraction of sp³-hybridized carbons (Fsp3) is 0.381. The molecule has 0 unspecified atom stereocenters. The lowest BCUT2D eigenvalue weighted by Crippen LogP contribution is -2.40. The molecule has 0 aliphatic heterocycles. The summed E-state index contributed by atoms with van der Waals surface area (Å²) in [5, 5.41) is 9.65. The van der Waals surface area contributed by atoms with E-state index in [0.29, 0.717) is 5.69 Å². The van der Waals surface area contributed by atoms with Gasteiger partial charge in [-0.15, -0.1) is 11.3 Å². The molecule has 1 fully saturated rings. The molecule has 7 heteroatoms. The van der Waals surface area contributed by atoms with Crippen molar-refractivity contribution in [3.05, 3.63) is 53.3 Å². The van der Waals surface area contributed by atoms with Gasteiger partial charge in [0.2, 0.25) is 0 Å². The van der Waals surface area contributed by atoms with Crippen LogP contribution in [0.2, 0.25) is 0 Å². The number of ether oxygens (including phenoxy) is 1. The standard InChI is InChI=1S/C21H24N4O2S/c1-14-19(5-3-11-22-14)27-16-9-7-15(8-10-16)23-21(26)18-13-17(24-25(18)2)20-6-4-12-28-20/h3-6,11-13,15-16H,7-10H2,1-2H3,(H,23,26). The van der Waals surface area contributed by atoms with Crippen LogP contribution in [-0.4, -0.2) is 32.8 Å². The van der Waals surface area contributed by atoms with Gasteiger partial charge in [-0.05, 0) is 62.3 Å². The lowest BCUT2D eigenvalue weighted by molar-refractivity contribution is 0.0884.